The first-order valence-electron chi connectivity index (χ1n) is 6.04. The van der Waals surface area contributed by atoms with Gasteiger partial charge in [0, 0.05) is 18.5 Å². The molecular weight excluding hydrogens is 316 g/mol. The fraction of sp³-hybridized carbons (Fsp3) is 0.538. The highest BCUT2D eigenvalue weighted by atomic mass is 35.5. The molecule has 1 rings (SSSR count). The van der Waals surface area contributed by atoms with Crippen LogP contribution in [0.5, 0.6) is 0 Å². The lowest BCUT2D eigenvalue weighted by molar-refractivity contribution is 0.291. The van der Waals surface area contributed by atoms with Crippen LogP contribution >= 0.6 is 24.2 Å². The summed E-state index contributed by atoms with van der Waals surface area (Å²) in [6, 6.07) is 7.05. The second kappa shape index (κ2) is 7.66. The second-order valence-electron chi connectivity index (χ2n) is 5.28. The zero-order valence-corrected chi connectivity index (χ0v) is 14.7. The van der Waals surface area contributed by atoms with Crippen LogP contribution in [-0.2, 0) is 10.0 Å². The van der Waals surface area contributed by atoms with E-state index in [1.807, 2.05) is 32.2 Å². The molecular formula is C13H23ClN2O2S2. The van der Waals surface area contributed by atoms with Gasteiger partial charge in [-0.25, -0.2) is 12.7 Å². The number of rotatable bonds is 6. The molecule has 7 heteroatoms. The Morgan fingerprint density at radius 2 is 1.85 bits per heavy atom. The lowest BCUT2D eigenvalue weighted by Gasteiger charge is -2.28. The molecule has 0 bridgehead atoms. The van der Waals surface area contributed by atoms with E-state index in [0.717, 1.165) is 4.90 Å². The number of halogens is 1. The molecule has 0 spiro atoms. The minimum atomic E-state index is -3.47. The molecule has 2 N–H and O–H groups in total. The van der Waals surface area contributed by atoms with Crippen LogP contribution in [-0.4, -0.2) is 39.1 Å². The molecule has 0 aliphatic rings. The Labute approximate surface area is 132 Å². The zero-order chi connectivity index (χ0) is 14.7. The van der Waals surface area contributed by atoms with Gasteiger partial charge in [-0.05, 0) is 30.3 Å². The molecule has 0 heterocycles. The number of nitrogens with zero attached hydrogens (tertiary/aromatic N) is 1. The van der Waals surface area contributed by atoms with Crippen LogP contribution in [0.1, 0.15) is 13.8 Å². The van der Waals surface area contributed by atoms with E-state index in [0.29, 0.717) is 18.0 Å². The van der Waals surface area contributed by atoms with Crippen LogP contribution in [0.3, 0.4) is 0 Å². The molecule has 0 fully saturated rings. The van der Waals surface area contributed by atoms with Crippen molar-refractivity contribution in [2.45, 2.75) is 23.6 Å². The Hall–Kier alpha value is -0.270. The molecule has 4 nitrogen and oxygen atoms in total. The quantitative estimate of drug-likeness (QED) is 0.809. The molecule has 0 aliphatic heterocycles. The summed E-state index contributed by atoms with van der Waals surface area (Å²) in [5, 5.41) is 0. The van der Waals surface area contributed by atoms with Crippen LogP contribution in [0, 0.1) is 5.41 Å². The summed E-state index contributed by atoms with van der Waals surface area (Å²) in [6.07, 6.45) is 1.87. The fourth-order valence-electron chi connectivity index (χ4n) is 1.75. The van der Waals surface area contributed by atoms with E-state index in [1.165, 1.54) is 16.1 Å². The highest BCUT2D eigenvalue weighted by molar-refractivity contribution is 7.99. The van der Waals surface area contributed by atoms with E-state index < -0.39 is 10.0 Å². The molecule has 0 radical (unpaired) electrons. The lowest BCUT2D eigenvalue weighted by atomic mass is 9.94. The maximum Gasteiger partial charge on any atom is 0.243 e. The average molecular weight is 339 g/mol. The number of sulfonamides is 1. The van der Waals surface area contributed by atoms with Gasteiger partial charge in [-0.3, -0.25) is 0 Å². The summed E-state index contributed by atoms with van der Waals surface area (Å²) >= 11 is 1.43. The summed E-state index contributed by atoms with van der Waals surface area (Å²) in [4.78, 5) is 1.12. The molecule has 0 unspecified atom stereocenters. The standard InChI is InChI=1S/C13H22N2O2S2.ClH/c1-13(2,9-14)10-15(3)19(16,17)12-8-6-5-7-11(12)18-4;/h5-8H,9-10,14H2,1-4H3;1H. The Morgan fingerprint density at radius 1 is 1.30 bits per heavy atom. The van der Waals surface area contributed by atoms with E-state index >= 15 is 0 Å². The highest BCUT2D eigenvalue weighted by Gasteiger charge is 2.28. The maximum absolute atomic E-state index is 12.6. The van der Waals surface area contributed by atoms with Crippen molar-refractivity contribution in [2.75, 3.05) is 26.4 Å². The Balaban J connectivity index is 0.00000361. The summed E-state index contributed by atoms with van der Waals surface area (Å²) in [5.74, 6) is 0. The lowest BCUT2D eigenvalue weighted by Crippen LogP contribution is -2.39. The van der Waals surface area contributed by atoms with Gasteiger partial charge in [-0.15, -0.1) is 24.2 Å². The summed E-state index contributed by atoms with van der Waals surface area (Å²) in [7, 11) is -1.87. The number of hydrogen-bond acceptors (Lipinski definition) is 4. The third kappa shape index (κ3) is 4.63. The van der Waals surface area contributed by atoms with Gasteiger partial charge in [-0.2, -0.15) is 0 Å². The van der Waals surface area contributed by atoms with Crippen molar-refractivity contribution in [3.63, 3.8) is 0 Å². The van der Waals surface area contributed by atoms with Crippen molar-refractivity contribution >= 4 is 34.2 Å². The Bertz CT molecular complexity index is 533. The minimum Gasteiger partial charge on any atom is -0.330 e. The van der Waals surface area contributed by atoms with Crippen molar-refractivity contribution in [2.24, 2.45) is 11.1 Å². The molecule has 0 saturated carbocycles. The minimum absolute atomic E-state index is 0. The third-order valence-corrected chi connectivity index (χ3v) is 5.75. The predicted molar refractivity (Wildman–Crippen MR) is 88.1 cm³/mol. The van der Waals surface area contributed by atoms with E-state index in [1.54, 1.807) is 19.2 Å². The second-order valence-corrected chi connectivity index (χ2v) is 8.14. The molecule has 0 saturated heterocycles. The normalized spacial score (nSPS) is 12.3. The first-order chi connectivity index (χ1) is 8.74. The molecule has 116 valence electrons. The molecule has 0 amide bonds. The van der Waals surface area contributed by atoms with Gasteiger partial charge in [0.05, 0.1) is 4.90 Å². The summed E-state index contributed by atoms with van der Waals surface area (Å²) in [5.41, 5.74) is 5.43. The average Bonchev–Trinajstić information content (AvgIpc) is 2.38. The molecule has 0 aliphatic carbocycles. The van der Waals surface area contributed by atoms with Crippen molar-refractivity contribution in [3.05, 3.63) is 24.3 Å². The summed E-state index contributed by atoms with van der Waals surface area (Å²) in [6.45, 7) is 4.75. The zero-order valence-electron chi connectivity index (χ0n) is 12.3. The SMILES string of the molecule is CSc1ccccc1S(=O)(=O)N(C)CC(C)(C)CN.Cl. The fourth-order valence-corrected chi connectivity index (χ4v) is 4.23. The van der Waals surface area contributed by atoms with Gasteiger partial charge in [0.2, 0.25) is 10.0 Å². The molecule has 1 aromatic rings. The molecule has 20 heavy (non-hydrogen) atoms. The van der Waals surface area contributed by atoms with Gasteiger partial charge in [-0.1, -0.05) is 26.0 Å². The van der Waals surface area contributed by atoms with Gasteiger partial charge < -0.3 is 5.73 Å². The number of nitrogens with two attached hydrogens (primary N) is 1. The van der Waals surface area contributed by atoms with Crippen LogP contribution in [0.15, 0.2) is 34.1 Å². The number of benzene rings is 1. The van der Waals surface area contributed by atoms with E-state index in [9.17, 15) is 8.42 Å². The Kier molecular flexibility index (Phi) is 7.55. The van der Waals surface area contributed by atoms with Crippen molar-refractivity contribution in [1.29, 1.82) is 0 Å². The topological polar surface area (TPSA) is 63.4 Å². The third-order valence-electron chi connectivity index (χ3n) is 2.96. The van der Waals surface area contributed by atoms with Gasteiger partial charge in [0.15, 0.2) is 0 Å². The smallest absolute Gasteiger partial charge is 0.243 e. The van der Waals surface area contributed by atoms with Crippen LogP contribution in [0.4, 0.5) is 0 Å². The maximum atomic E-state index is 12.6. The van der Waals surface area contributed by atoms with Gasteiger partial charge in [0.1, 0.15) is 0 Å². The van der Waals surface area contributed by atoms with E-state index in [4.69, 9.17) is 5.73 Å². The van der Waals surface area contributed by atoms with Gasteiger partial charge >= 0.3 is 0 Å². The highest BCUT2D eigenvalue weighted by Crippen LogP contribution is 2.28. The van der Waals surface area contributed by atoms with Crippen molar-refractivity contribution in [3.8, 4) is 0 Å². The first-order valence-corrected chi connectivity index (χ1v) is 8.70. The van der Waals surface area contributed by atoms with E-state index in [-0.39, 0.29) is 17.8 Å². The molecule has 0 aromatic heterocycles. The van der Waals surface area contributed by atoms with E-state index in [2.05, 4.69) is 0 Å². The van der Waals surface area contributed by atoms with Gasteiger partial charge in [0.25, 0.3) is 0 Å². The monoisotopic (exact) mass is 338 g/mol. The van der Waals surface area contributed by atoms with Crippen LogP contribution in [0.25, 0.3) is 0 Å². The van der Waals surface area contributed by atoms with Crippen molar-refractivity contribution < 1.29 is 8.42 Å². The summed E-state index contributed by atoms with van der Waals surface area (Å²) < 4.78 is 26.5. The molecule has 0 atom stereocenters. The first kappa shape index (κ1) is 19.7. The number of hydrogen-bond donors (Lipinski definition) is 1. The Morgan fingerprint density at radius 3 is 2.35 bits per heavy atom. The predicted octanol–water partition coefficient (Wildman–Crippen LogP) is 2.44. The van der Waals surface area contributed by atoms with Crippen molar-refractivity contribution in [1.82, 2.24) is 4.31 Å². The molecule has 1 aromatic carbocycles. The largest absolute Gasteiger partial charge is 0.330 e. The van der Waals surface area contributed by atoms with Crippen LogP contribution in [0.2, 0.25) is 0 Å². The van der Waals surface area contributed by atoms with Crippen LogP contribution < -0.4 is 5.73 Å². The number of thioether (sulfide) groups is 1.